The number of aromatic nitrogens is 2. The van der Waals surface area contributed by atoms with E-state index in [0.717, 1.165) is 12.3 Å². The van der Waals surface area contributed by atoms with E-state index >= 15 is 0 Å². The van der Waals surface area contributed by atoms with Gasteiger partial charge >= 0.3 is 0 Å². The summed E-state index contributed by atoms with van der Waals surface area (Å²) in [5.41, 5.74) is 0. The molecule has 0 spiro atoms. The topological polar surface area (TPSA) is 56.3 Å². The second-order valence-corrected chi connectivity index (χ2v) is 3.53. The molecule has 0 bridgehead atoms. The van der Waals surface area contributed by atoms with Crippen LogP contribution in [-0.2, 0) is 0 Å². The van der Waals surface area contributed by atoms with Gasteiger partial charge < -0.3 is 14.8 Å². The zero-order chi connectivity index (χ0) is 12.8. The molecule has 0 amide bonds. The lowest BCUT2D eigenvalue weighted by molar-refractivity contribution is 0.412. The van der Waals surface area contributed by atoms with Crippen molar-refractivity contribution in [1.29, 1.82) is 0 Å². The van der Waals surface area contributed by atoms with Crippen molar-refractivity contribution in [1.82, 2.24) is 9.97 Å². The second-order valence-electron chi connectivity index (χ2n) is 3.53. The van der Waals surface area contributed by atoms with Gasteiger partial charge in [-0.05, 0) is 31.2 Å². The molecule has 0 aliphatic heterocycles. The van der Waals surface area contributed by atoms with Crippen molar-refractivity contribution in [3.05, 3.63) is 36.5 Å². The van der Waals surface area contributed by atoms with Crippen LogP contribution in [0.15, 0.2) is 36.5 Å². The van der Waals surface area contributed by atoms with Crippen LogP contribution < -0.4 is 14.8 Å². The molecule has 1 heterocycles. The first-order valence-electron chi connectivity index (χ1n) is 5.70. The molecule has 2 rings (SSSR count). The Morgan fingerprint density at radius 2 is 1.83 bits per heavy atom. The smallest absolute Gasteiger partial charge is 0.225 e. The molecule has 0 fully saturated rings. The van der Waals surface area contributed by atoms with E-state index in [1.807, 2.05) is 31.2 Å². The van der Waals surface area contributed by atoms with Gasteiger partial charge in [0, 0.05) is 18.8 Å². The third kappa shape index (κ3) is 3.10. The summed E-state index contributed by atoms with van der Waals surface area (Å²) in [4.78, 5) is 8.30. The first-order valence-corrected chi connectivity index (χ1v) is 5.70. The Balaban J connectivity index is 2.09. The van der Waals surface area contributed by atoms with Crippen molar-refractivity contribution in [2.24, 2.45) is 0 Å². The Morgan fingerprint density at radius 3 is 2.50 bits per heavy atom. The van der Waals surface area contributed by atoms with Crippen LogP contribution in [0.4, 0.5) is 5.95 Å². The van der Waals surface area contributed by atoms with E-state index in [2.05, 4.69) is 15.3 Å². The summed E-state index contributed by atoms with van der Waals surface area (Å²) in [5.74, 6) is 2.56. The van der Waals surface area contributed by atoms with Crippen molar-refractivity contribution in [3.63, 3.8) is 0 Å². The van der Waals surface area contributed by atoms with Crippen LogP contribution in [0.5, 0.6) is 17.4 Å². The van der Waals surface area contributed by atoms with Crippen molar-refractivity contribution in [2.75, 3.05) is 19.0 Å². The average molecular weight is 245 g/mol. The van der Waals surface area contributed by atoms with Crippen molar-refractivity contribution < 1.29 is 9.47 Å². The zero-order valence-electron chi connectivity index (χ0n) is 10.4. The highest BCUT2D eigenvalue weighted by molar-refractivity contribution is 5.34. The molecule has 1 N–H and O–H groups in total. The van der Waals surface area contributed by atoms with E-state index in [-0.39, 0.29) is 0 Å². The number of rotatable bonds is 5. The fourth-order valence-electron chi connectivity index (χ4n) is 1.41. The quantitative estimate of drug-likeness (QED) is 0.877. The lowest BCUT2D eigenvalue weighted by Crippen LogP contribution is -2.02. The highest BCUT2D eigenvalue weighted by Crippen LogP contribution is 2.22. The Morgan fingerprint density at radius 1 is 1.11 bits per heavy atom. The molecule has 2 aromatic rings. The number of nitrogens with zero attached hydrogens (tertiary/aromatic N) is 2. The predicted octanol–water partition coefficient (Wildman–Crippen LogP) is 2.71. The molecule has 5 nitrogen and oxygen atoms in total. The van der Waals surface area contributed by atoms with Gasteiger partial charge in [-0.3, -0.25) is 0 Å². The number of nitrogens with one attached hydrogen (secondary N) is 1. The zero-order valence-corrected chi connectivity index (χ0v) is 10.4. The summed E-state index contributed by atoms with van der Waals surface area (Å²) < 4.78 is 10.7. The van der Waals surface area contributed by atoms with Crippen molar-refractivity contribution >= 4 is 5.95 Å². The van der Waals surface area contributed by atoms with Gasteiger partial charge in [-0.25, -0.2) is 4.98 Å². The van der Waals surface area contributed by atoms with Crippen LogP contribution in [0.1, 0.15) is 6.92 Å². The Hall–Kier alpha value is -2.30. The molecule has 1 aromatic carbocycles. The van der Waals surface area contributed by atoms with Crippen molar-refractivity contribution in [2.45, 2.75) is 6.92 Å². The monoisotopic (exact) mass is 245 g/mol. The van der Waals surface area contributed by atoms with E-state index in [1.54, 1.807) is 19.4 Å². The second kappa shape index (κ2) is 5.86. The van der Waals surface area contributed by atoms with Gasteiger partial charge in [-0.2, -0.15) is 4.98 Å². The molecule has 5 heteroatoms. The molecule has 0 aliphatic carbocycles. The Labute approximate surface area is 106 Å². The molecule has 0 aliphatic rings. The van der Waals surface area contributed by atoms with Crippen LogP contribution in [0, 0.1) is 0 Å². The normalized spacial score (nSPS) is 9.89. The number of anilines is 1. The predicted molar refractivity (Wildman–Crippen MR) is 69.3 cm³/mol. The summed E-state index contributed by atoms with van der Waals surface area (Å²) in [5, 5.41) is 3.03. The molecule has 0 radical (unpaired) electrons. The fraction of sp³-hybridized carbons (Fsp3) is 0.231. The van der Waals surface area contributed by atoms with Crippen LogP contribution >= 0.6 is 0 Å². The van der Waals surface area contributed by atoms with Gasteiger partial charge in [0.1, 0.15) is 11.5 Å². The number of ether oxygens (including phenoxy) is 2. The summed E-state index contributed by atoms with van der Waals surface area (Å²) in [6, 6.07) is 9.04. The summed E-state index contributed by atoms with van der Waals surface area (Å²) in [7, 11) is 1.63. The molecular weight excluding hydrogens is 230 g/mol. The lowest BCUT2D eigenvalue weighted by Gasteiger charge is -2.07. The van der Waals surface area contributed by atoms with Gasteiger partial charge in [-0.1, -0.05) is 0 Å². The number of hydrogen-bond acceptors (Lipinski definition) is 5. The molecule has 0 saturated carbocycles. The maximum atomic E-state index is 5.62. The Kier molecular flexibility index (Phi) is 3.96. The summed E-state index contributed by atoms with van der Waals surface area (Å²) in [6.45, 7) is 2.76. The molecule has 1 aromatic heterocycles. The SMILES string of the molecule is CCNc1nccc(Oc2ccc(OC)cc2)n1. The minimum atomic E-state index is 0.506. The van der Waals surface area contributed by atoms with E-state index < -0.39 is 0 Å². The first-order chi connectivity index (χ1) is 8.81. The van der Waals surface area contributed by atoms with E-state index in [9.17, 15) is 0 Å². The van der Waals surface area contributed by atoms with Gasteiger partial charge in [-0.15, -0.1) is 0 Å². The minimum Gasteiger partial charge on any atom is -0.497 e. The van der Waals surface area contributed by atoms with Gasteiger partial charge in [0.05, 0.1) is 7.11 Å². The molecule has 18 heavy (non-hydrogen) atoms. The van der Waals surface area contributed by atoms with Crippen LogP contribution in [0.2, 0.25) is 0 Å². The minimum absolute atomic E-state index is 0.506. The molecule has 0 unspecified atom stereocenters. The maximum Gasteiger partial charge on any atom is 0.225 e. The van der Waals surface area contributed by atoms with E-state index in [0.29, 0.717) is 17.6 Å². The van der Waals surface area contributed by atoms with Crippen LogP contribution in [-0.4, -0.2) is 23.6 Å². The van der Waals surface area contributed by atoms with Gasteiger partial charge in [0.25, 0.3) is 0 Å². The Bertz CT molecular complexity index is 500. The van der Waals surface area contributed by atoms with Crippen LogP contribution in [0.25, 0.3) is 0 Å². The average Bonchev–Trinajstić information content (AvgIpc) is 2.40. The third-order valence-electron chi connectivity index (χ3n) is 2.25. The standard InChI is InChI=1S/C13H15N3O2/c1-3-14-13-15-9-8-12(16-13)18-11-6-4-10(17-2)5-7-11/h4-9H,3H2,1-2H3,(H,14,15,16). The van der Waals surface area contributed by atoms with E-state index in [1.165, 1.54) is 0 Å². The first kappa shape index (κ1) is 12.2. The van der Waals surface area contributed by atoms with E-state index in [4.69, 9.17) is 9.47 Å². The number of hydrogen-bond donors (Lipinski definition) is 1. The summed E-state index contributed by atoms with van der Waals surface area (Å²) in [6.07, 6.45) is 1.66. The fourth-order valence-corrected chi connectivity index (χ4v) is 1.41. The third-order valence-corrected chi connectivity index (χ3v) is 2.25. The largest absolute Gasteiger partial charge is 0.497 e. The number of benzene rings is 1. The van der Waals surface area contributed by atoms with Crippen LogP contribution in [0.3, 0.4) is 0 Å². The molecular formula is C13H15N3O2. The molecule has 0 atom stereocenters. The number of methoxy groups -OCH3 is 1. The molecule has 94 valence electrons. The maximum absolute atomic E-state index is 5.62. The molecule has 0 saturated heterocycles. The van der Waals surface area contributed by atoms with Crippen molar-refractivity contribution in [3.8, 4) is 17.4 Å². The lowest BCUT2D eigenvalue weighted by atomic mass is 10.3. The van der Waals surface area contributed by atoms with Gasteiger partial charge in [0.2, 0.25) is 11.8 Å². The highest BCUT2D eigenvalue weighted by atomic mass is 16.5. The van der Waals surface area contributed by atoms with Gasteiger partial charge in [0.15, 0.2) is 0 Å². The highest BCUT2D eigenvalue weighted by Gasteiger charge is 2.01. The summed E-state index contributed by atoms with van der Waals surface area (Å²) >= 11 is 0.